The summed E-state index contributed by atoms with van der Waals surface area (Å²) in [6.45, 7) is 12.9. The van der Waals surface area contributed by atoms with Crippen LogP contribution in [-0.4, -0.2) is 125 Å². The van der Waals surface area contributed by atoms with Crippen LogP contribution in [0.1, 0.15) is 105 Å². The fraction of sp³-hybridized carbons (Fsp3) is 0.773. The predicted molar refractivity (Wildman–Crippen MR) is 212 cm³/mol. The first-order valence-corrected chi connectivity index (χ1v) is 21.0. The number of piperidine rings is 1. The third-order valence-corrected chi connectivity index (χ3v) is 13.0. The first kappa shape index (κ1) is 46.9. The standard InChI is InChI=1S/C44H69NO12/c1-9-12-31-18-25(2)17-26(3)19-37(54-7)40-38(55-8)21-28(5)44(53,57-40)41(50)42(51)45-16-11-10-13-33(45)43(52)56-39(29(6)35(48)23-36(31)49)27(4)20-30-14-15-34(47)32(22-30)24-46/h9,18,20,25-26,28-30,32-35,37-40,46-48,53H,1,10-17,19,21-24H2,2-8H3/b27-20?,31-18-/t25?,26-,28+,29+,30-,32-,33-,34+,35-,37-,38-,39?,40+,44+/m0/s1. The van der Waals surface area contributed by atoms with Crippen molar-refractivity contribution in [2.24, 2.45) is 35.5 Å². The zero-order valence-corrected chi connectivity index (χ0v) is 35.1. The second kappa shape index (κ2) is 21.0. The average Bonchev–Trinajstić information content (AvgIpc) is 3.18. The van der Waals surface area contributed by atoms with Crippen LogP contribution in [0.2, 0.25) is 0 Å². The number of fused-ring (bicyclic) bond motifs is 3. The summed E-state index contributed by atoms with van der Waals surface area (Å²) in [5.74, 6) is -7.75. The van der Waals surface area contributed by atoms with E-state index in [9.17, 15) is 39.6 Å². The summed E-state index contributed by atoms with van der Waals surface area (Å²) in [5, 5.41) is 44.0. The molecular formula is C44H69NO12. The number of amides is 1. The van der Waals surface area contributed by atoms with E-state index in [0.717, 1.165) is 0 Å². The molecule has 0 spiro atoms. The first-order chi connectivity index (χ1) is 27.0. The molecule has 14 atom stereocenters. The Morgan fingerprint density at radius 1 is 0.965 bits per heavy atom. The van der Waals surface area contributed by atoms with Crippen molar-refractivity contribution >= 4 is 23.4 Å². The number of hydrogen-bond acceptors (Lipinski definition) is 12. The second-order valence-corrected chi connectivity index (χ2v) is 17.4. The van der Waals surface area contributed by atoms with Crippen molar-refractivity contribution in [2.75, 3.05) is 27.4 Å². The summed E-state index contributed by atoms with van der Waals surface area (Å²) in [6.07, 6.45) is 4.95. The van der Waals surface area contributed by atoms with Crippen LogP contribution in [0.15, 0.2) is 36.0 Å². The van der Waals surface area contributed by atoms with E-state index in [1.807, 2.05) is 26.0 Å². The molecule has 1 amide bonds. The van der Waals surface area contributed by atoms with Crippen molar-refractivity contribution in [1.29, 1.82) is 0 Å². The van der Waals surface area contributed by atoms with Gasteiger partial charge in [0.1, 0.15) is 18.2 Å². The summed E-state index contributed by atoms with van der Waals surface area (Å²) in [7, 11) is 3.05. The highest BCUT2D eigenvalue weighted by Crippen LogP contribution is 2.39. The van der Waals surface area contributed by atoms with Crippen LogP contribution in [0, 0.1) is 35.5 Å². The number of ketones is 2. The number of hydrogen-bond donors (Lipinski definition) is 4. The van der Waals surface area contributed by atoms with E-state index in [2.05, 4.69) is 6.58 Å². The monoisotopic (exact) mass is 803 g/mol. The number of esters is 1. The molecular weight excluding hydrogens is 734 g/mol. The Kier molecular flexibility index (Phi) is 17.2. The minimum atomic E-state index is -2.52. The van der Waals surface area contributed by atoms with Crippen LogP contribution in [0.5, 0.6) is 0 Å². The Balaban J connectivity index is 1.78. The highest BCUT2D eigenvalue weighted by atomic mass is 16.7. The molecule has 57 heavy (non-hydrogen) atoms. The van der Waals surface area contributed by atoms with Crippen molar-refractivity contribution in [3.05, 3.63) is 36.0 Å². The number of nitrogens with zero attached hydrogens (tertiary/aromatic N) is 1. The molecule has 322 valence electrons. The van der Waals surface area contributed by atoms with Crippen molar-refractivity contribution in [3.63, 3.8) is 0 Å². The van der Waals surface area contributed by atoms with Gasteiger partial charge in [0.25, 0.3) is 11.7 Å². The van der Waals surface area contributed by atoms with Gasteiger partial charge in [-0.2, -0.15) is 0 Å². The summed E-state index contributed by atoms with van der Waals surface area (Å²) in [5.41, 5.74) is 1.14. The van der Waals surface area contributed by atoms with E-state index in [1.165, 1.54) is 19.1 Å². The normalized spacial score (nSPS) is 41.0. The van der Waals surface area contributed by atoms with E-state index in [-0.39, 0.29) is 61.9 Å². The van der Waals surface area contributed by atoms with Gasteiger partial charge in [0.05, 0.1) is 24.4 Å². The van der Waals surface area contributed by atoms with Gasteiger partial charge >= 0.3 is 5.97 Å². The van der Waals surface area contributed by atoms with Crippen LogP contribution in [0.25, 0.3) is 0 Å². The number of ether oxygens (including phenoxy) is 4. The van der Waals surface area contributed by atoms with Crippen molar-refractivity contribution in [3.8, 4) is 0 Å². The summed E-state index contributed by atoms with van der Waals surface area (Å²) in [4.78, 5) is 57.7. The molecule has 3 aliphatic heterocycles. The molecule has 2 saturated heterocycles. The molecule has 1 saturated carbocycles. The largest absolute Gasteiger partial charge is 0.456 e. The van der Waals surface area contributed by atoms with Gasteiger partial charge in [0, 0.05) is 51.5 Å². The fourth-order valence-corrected chi connectivity index (χ4v) is 9.53. The SMILES string of the molecule is C=CC/C1=C/C(C)C[C@H](C)C[C@H](OC)[C@H]2O[C@@](O)(C(=O)C(=O)N3CCCC[C@H]3C(=O)OC(C(C)=C[C@@H]3CC[C@@H](O)[C@H](CO)C3)[C@H](C)[C@@H](O)CC1=O)[C@H](C)C[C@@H]2OC. The number of methoxy groups -OCH3 is 2. The number of allylic oxidation sites excluding steroid dienone is 4. The van der Waals surface area contributed by atoms with E-state index >= 15 is 0 Å². The van der Waals surface area contributed by atoms with Crippen molar-refractivity contribution in [1.82, 2.24) is 4.90 Å². The Hall–Kier alpha value is -2.78. The molecule has 0 radical (unpaired) electrons. The van der Waals surface area contributed by atoms with Crippen LogP contribution >= 0.6 is 0 Å². The van der Waals surface area contributed by atoms with Crippen LogP contribution in [0.3, 0.4) is 0 Å². The maximum absolute atomic E-state index is 14.3. The van der Waals surface area contributed by atoms with E-state index < -0.39 is 77.9 Å². The number of aliphatic hydroxyl groups excluding tert-OH is 3. The predicted octanol–water partition coefficient (Wildman–Crippen LogP) is 4.23. The highest BCUT2D eigenvalue weighted by Gasteiger charge is 2.56. The quantitative estimate of drug-likeness (QED) is 0.163. The summed E-state index contributed by atoms with van der Waals surface area (Å²) >= 11 is 0. The number of Topliss-reactive ketones (excluding diaryl/α,β-unsaturated/α-hetero) is 2. The molecule has 0 aromatic rings. The van der Waals surface area contributed by atoms with Gasteiger partial charge in [0.15, 0.2) is 5.78 Å². The van der Waals surface area contributed by atoms with Gasteiger partial charge in [-0.25, -0.2) is 4.79 Å². The molecule has 4 rings (SSSR count). The Morgan fingerprint density at radius 2 is 1.65 bits per heavy atom. The number of aliphatic hydroxyl groups is 4. The van der Waals surface area contributed by atoms with Gasteiger partial charge < -0.3 is 44.3 Å². The summed E-state index contributed by atoms with van der Waals surface area (Å²) < 4.78 is 24.2. The maximum Gasteiger partial charge on any atom is 0.329 e. The third-order valence-electron chi connectivity index (χ3n) is 13.0. The molecule has 13 nitrogen and oxygen atoms in total. The second-order valence-electron chi connectivity index (χ2n) is 17.4. The van der Waals surface area contributed by atoms with E-state index in [1.54, 1.807) is 26.8 Å². The molecule has 1 aliphatic carbocycles. The summed E-state index contributed by atoms with van der Waals surface area (Å²) in [6, 6.07) is -1.16. The molecule has 2 bridgehead atoms. The van der Waals surface area contributed by atoms with Crippen molar-refractivity contribution in [2.45, 2.75) is 154 Å². The molecule has 13 heteroatoms. The number of cyclic esters (lactones) is 1. The third kappa shape index (κ3) is 11.3. The molecule has 3 fully saturated rings. The van der Waals surface area contributed by atoms with Gasteiger partial charge in [-0.15, -0.1) is 6.58 Å². The number of carbonyl (C=O) groups is 4. The molecule has 3 heterocycles. The minimum absolute atomic E-state index is 0.0276. The fourth-order valence-electron chi connectivity index (χ4n) is 9.53. The van der Waals surface area contributed by atoms with Gasteiger partial charge in [-0.3, -0.25) is 14.4 Å². The zero-order valence-electron chi connectivity index (χ0n) is 35.1. The number of carbonyl (C=O) groups excluding carboxylic acids is 4. The van der Waals surface area contributed by atoms with Crippen LogP contribution in [0.4, 0.5) is 0 Å². The lowest BCUT2D eigenvalue weighted by Crippen LogP contribution is -2.64. The molecule has 2 unspecified atom stereocenters. The van der Waals surface area contributed by atoms with Crippen LogP contribution in [-0.2, 0) is 38.1 Å². The smallest absolute Gasteiger partial charge is 0.329 e. The molecule has 0 aromatic carbocycles. The van der Waals surface area contributed by atoms with Crippen molar-refractivity contribution < 1.29 is 58.6 Å². The maximum atomic E-state index is 14.3. The topological polar surface area (TPSA) is 189 Å². The van der Waals surface area contributed by atoms with E-state index in [0.29, 0.717) is 62.5 Å². The molecule has 0 aromatic heterocycles. The highest BCUT2D eigenvalue weighted by molar-refractivity contribution is 6.39. The first-order valence-electron chi connectivity index (χ1n) is 21.0. The van der Waals surface area contributed by atoms with Gasteiger partial charge in [-0.1, -0.05) is 45.9 Å². The molecule has 4 aliphatic rings. The zero-order chi connectivity index (χ0) is 42.2. The Bertz CT molecular complexity index is 1480. The average molecular weight is 804 g/mol. The lowest BCUT2D eigenvalue weighted by molar-refractivity contribution is -0.302. The Morgan fingerprint density at radius 3 is 2.30 bits per heavy atom. The Labute approximate surface area is 338 Å². The van der Waals surface area contributed by atoms with Gasteiger partial charge in [0.2, 0.25) is 5.79 Å². The van der Waals surface area contributed by atoms with Crippen LogP contribution < -0.4 is 0 Å². The lowest BCUT2D eigenvalue weighted by Gasteiger charge is -2.47. The number of rotatable bonds is 7. The molecule has 4 N–H and O–H groups in total. The minimum Gasteiger partial charge on any atom is -0.456 e. The lowest BCUT2D eigenvalue weighted by atomic mass is 9.78. The van der Waals surface area contributed by atoms with E-state index in [4.69, 9.17) is 18.9 Å². The van der Waals surface area contributed by atoms with Gasteiger partial charge in [-0.05, 0) is 100 Å².